The molecule has 1 aromatic carbocycles. The lowest BCUT2D eigenvalue weighted by molar-refractivity contribution is -0.138. The summed E-state index contributed by atoms with van der Waals surface area (Å²) in [6.45, 7) is -0.149. The lowest BCUT2D eigenvalue weighted by atomic mass is 10.1. The molecule has 3 rings (SSSR count). The molecule has 0 bridgehead atoms. The van der Waals surface area contributed by atoms with Gasteiger partial charge >= 0.3 is 5.97 Å². The highest BCUT2D eigenvalue weighted by molar-refractivity contribution is 6.14. The maximum absolute atomic E-state index is 12.3. The minimum absolute atomic E-state index is 0.149. The first-order chi connectivity index (χ1) is 11.2. The van der Waals surface area contributed by atoms with Crippen molar-refractivity contribution in [3.63, 3.8) is 0 Å². The van der Waals surface area contributed by atoms with E-state index in [0.29, 0.717) is 17.1 Å². The van der Waals surface area contributed by atoms with Crippen LogP contribution in [-0.2, 0) is 9.53 Å². The third-order valence-electron chi connectivity index (χ3n) is 3.14. The number of esters is 1. The van der Waals surface area contributed by atoms with Gasteiger partial charge in [0.15, 0.2) is 5.76 Å². The van der Waals surface area contributed by atoms with Crippen LogP contribution in [0.1, 0.15) is 15.9 Å². The van der Waals surface area contributed by atoms with E-state index in [4.69, 9.17) is 14.2 Å². The quantitative estimate of drug-likeness (QED) is 0.490. The Morgan fingerprint density at radius 3 is 2.78 bits per heavy atom. The van der Waals surface area contributed by atoms with Crippen LogP contribution in [-0.4, -0.2) is 30.5 Å². The monoisotopic (exact) mass is 311 g/mol. The van der Waals surface area contributed by atoms with Crippen LogP contribution in [0, 0.1) is 0 Å². The Morgan fingerprint density at radius 2 is 2.04 bits per heavy atom. The topological polar surface area (TPSA) is 74.7 Å². The van der Waals surface area contributed by atoms with Gasteiger partial charge < -0.3 is 14.2 Å². The van der Waals surface area contributed by atoms with E-state index in [-0.39, 0.29) is 18.1 Å². The predicted molar refractivity (Wildman–Crippen MR) is 81.1 cm³/mol. The summed E-state index contributed by atoms with van der Waals surface area (Å²) in [5.41, 5.74) is 1.24. The Bertz CT molecular complexity index is 783. The lowest BCUT2D eigenvalue weighted by Crippen LogP contribution is -2.14. The molecule has 0 radical (unpaired) electrons. The summed E-state index contributed by atoms with van der Waals surface area (Å²) in [5, 5.41) is 0. The molecule has 2 heterocycles. The Balaban J connectivity index is 1.82. The fraction of sp³-hybridized carbons (Fsp3) is 0.118. The summed E-state index contributed by atoms with van der Waals surface area (Å²) >= 11 is 0. The number of hydrogen-bond acceptors (Lipinski definition) is 6. The zero-order chi connectivity index (χ0) is 16.2. The highest BCUT2D eigenvalue weighted by Crippen LogP contribution is 2.34. The summed E-state index contributed by atoms with van der Waals surface area (Å²) in [6, 6.07) is 8.16. The van der Waals surface area contributed by atoms with E-state index in [9.17, 15) is 9.59 Å². The van der Waals surface area contributed by atoms with Crippen LogP contribution in [0.3, 0.4) is 0 Å². The van der Waals surface area contributed by atoms with Gasteiger partial charge in [0.05, 0.1) is 5.56 Å². The molecule has 2 aromatic rings. The fourth-order valence-electron chi connectivity index (χ4n) is 2.12. The van der Waals surface area contributed by atoms with Crippen LogP contribution >= 0.6 is 0 Å². The van der Waals surface area contributed by atoms with Gasteiger partial charge in [0.25, 0.3) is 0 Å². The van der Waals surface area contributed by atoms with E-state index >= 15 is 0 Å². The van der Waals surface area contributed by atoms with Crippen molar-refractivity contribution >= 4 is 17.8 Å². The Morgan fingerprint density at radius 1 is 1.26 bits per heavy atom. The SMILES string of the molecule is COCC(=O)Oc1ccc2c(c1)O/C(=C\c1ccncc1)C2=O. The summed E-state index contributed by atoms with van der Waals surface area (Å²) in [6.07, 6.45) is 4.90. The largest absolute Gasteiger partial charge is 0.452 e. The van der Waals surface area contributed by atoms with Crippen LogP contribution in [0.4, 0.5) is 0 Å². The minimum Gasteiger partial charge on any atom is -0.452 e. The van der Waals surface area contributed by atoms with Crippen LogP contribution in [0.5, 0.6) is 11.5 Å². The number of ketones is 1. The summed E-state index contributed by atoms with van der Waals surface area (Å²) in [5.74, 6) is 0.129. The average molecular weight is 311 g/mol. The number of carbonyl (C=O) groups is 2. The van der Waals surface area contributed by atoms with E-state index in [0.717, 1.165) is 5.56 Å². The van der Waals surface area contributed by atoms with E-state index in [1.54, 1.807) is 42.7 Å². The minimum atomic E-state index is -0.524. The molecule has 116 valence electrons. The molecule has 0 N–H and O–H groups in total. The fourth-order valence-corrected chi connectivity index (χ4v) is 2.12. The van der Waals surface area contributed by atoms with Crippen LogP contribution in [0.25, 0.3) is 6.08 Å². The number of ether oxygens (including phenoxy) is 3. The molecule has 0 atom stereocenters. The standard InChI is InChI=1S/C17H13NO5/c1-21-10-16(19)22-12-2-3-13-14(9-12)23-15(17(13)20)8-11-4-6-18-7-5-11/h2-9H,10H2,1H3/b15-8-. The molecule has 0 saturated heterocycles. The number of hydrogen-bond donors (Lipinski definition) is 0. The second-order valence-electron chi connectivity index (χ2n) is 4.79. The zero-order valence-corrected chi connectivity index (χ0v) is 12.3. The van der Waals surface area contributed by atoms with Crippen molar-refractivity contribution < 1.29 is 23.8 Å². The number of Topliss-reactive ketones (excluding diaryl/α,β-unsaturated/α-hetero) is 1. The van der Waals surface area contributed by atoms with Crippen molar-refractivity contribution in [2.45, 2.75) is 0 Å². The number of benzene rings is 1. The Kier molecular flexibility index (Phi) is 4.16. The Hall–Kier alpha value is -2.99. The van der Waals surface area contributed by atoms with Gasteiger partial charge in [0.1, 0.15) is 18.1 Å². The van der Waals surface area contributed by atoms with Crippen molar-refractivity contribution in [1.82, 2.24) is 4.98 Å². The molecule has 6 heteroatoms. The number of nitrogens with zero attached hydrogens (tertiary/aromatic N) is 1. The van der Waals surface area contributed by atoms with E-state index < -0.39 is 5.97 Å². The summed E-state index contributed by atoms with van der Waals surface area (Å²) < 4.78 is 15.4. The Labute approximate surface area is 132 Å². The molecule has 0 fully saturated rings. The molecule has 23 heavy (non-hydrogen) atoms. The molecule has 0 aliphatic carbocycles. The van der Waals surface area contributed by atoms with Crippen molar-refractivity contribution in [2.75, 3.05) is 13.7 Å². The number of methoxy groups -OCH3 is 1. The number of fused-ring (bicyclic) bond motifs is 1. The first-order valence-corrected chi connectivity index (χ1v) is 6.85. The molecule has 1 aliphatic rings. The maximum atomic E-state index is 12.3. The number of rotatable bonds is 4. The molecule has 1 aromatic heterocycles. The van der Waals surface area contributed by atoms with E-state index in [1.807, 2.05) is 0 Å². The van der Waals surface area contributed by atoms with Crippen molar-refractivity contribution in [1.29, 1.82) is 0 Å². The number of allylic oxidation sites excluding steroid dienone is 1. The highest BCUT2D eigenvalue weighted by Gasteiger charge is 2.27. The first-order valence-electron chi connectivity index (χ1n) is 6.85. The van der Waals surface area contributed by atoms with Gasteiger partial charge in [-0.3, -0.25) is 9.78 Å². The van der Waals surface area contributed by atoms with Crippen molar-refractivity contribution in [2.24, 2.45) is 0 Å². The normalized spacial score (nSPS) is 14.5. The van der Waals surface area contributed by atoms with E-state index in [1.165, 1.54) is 13.2 Å². The third-order valence-corrected chi connectivity index (χ3v) is 3.14. The van der Waals surface area contributed by atoms with Gasteiger partial charge in [0.2, 0.25) is 5.78 Å². The molecule has 6 nitrogen and oxygen atoms in total. The van der Waals surface area contributed by atoms with Crippen molar-refractivity contribution in [3.05, 3.63) is 59.6 Å². The average Bonchev–Trinajstić information content (AvgIpc) is 2.84. The second-order valence-corrected chi connectivity index (χ2v) is 4.79. The maximum Gasteiger partial charge on any atom is 0.337 e. The smallest absolute Gasteiger partial charge is 0.337 e. The summed E-state index contributed by atoms with van der Waals surface area (Å²) in [4.78, 5) is 27.6. The van der Waals surface area contributed by atoms with Crippen molar-refractivity contribution in [3.8, 4) is 11.5 Å². The van der Waals surface area contributed by atoms with Crippen LogP contribution in [0.15, 0.2) is 48.5 Å². The predicted octanol–water partition coefficient (Wildman–Crippen LogP) is 2.25. The zero-order valence-electron chi connectivity index (χ0n) is 12.3. The van der Waals surface area contributed by atoms with Crippen LogP contribution in [0.2, 0.25) is 0 Å². The van der Waals surface area contributed by atoms with Gasteiger partial charge in [-0.15, -0.1) is 0 Å². The number of aromatic nitrogens is 1. The molecular formula is C17H13NO5. The molecule has 0 saturated carbocycles. The van der Waals surface area contributed by atoms with E-state index in [2.05, 4.69) is 4.98 Å². The van der Waals surface area contributed by atoms with Gasteiger partial charge in [0, 0.05) is 25.6 Å². The number of carbonyl (C=O) groups excluding carboxylic acids is 2. The van der Waals surface area contributed by atoms with Gasteiger partial charge in [-0.25, -0.2) is 4.79 Å². The molecule has 0 spiro atoms. The third kappa shape index (κ3) is 3.27. The van der Waals surface area contributed by atoms with Gasteiger partial charge in [-0.1, -0.05) is 0 Å². The highest BCUT2D eigenvalue weighted by atomic mass is 16.6. The molecule has 0 unspecified atom stereocenters. The van der Waals surface area contributed by atoms with Gasteiger partial charge in [-0.2, -0.15) is 0 Å². The molecular weight excluding hydrogens is 298 g/mol. The number of pyridine rings is 1. The molecule has 0 amide bonds. The first kappa shape index (κ1) is 14.9. The summed E-state index contributed by atoms with van der Waals surface area (Å²) in [7, 11) is 1.40. The second kappa shape index (κ2) is 6.41. The van der Waals surface area contributed by atoms with Gasteiger partial charge in [-0.05, 0) is 35.9 Å². The van der Waals surface area contributed by atoms with Crippen LogP contribution < -0.4 is 9.47 Å². The molecule has 1 aliphatic heterocycles. The lowest BCUT2D eigenvalue weighted by Gasteiger charge is -2.04.